The van der Waals surface area contributed by atoms with Gasteiger partial charge in [-0.2, -0.15) is 4.98 Å². The van der Waals surface area contributed by atoms with E-state index in [-0.39, 0.29) is 17.7 Å². The SMILES string of the molecule is CC(C)c1noc([C@@H]2CCCN(Cc3nnc(-c4cccc(F)c4)o3)C2)n1. The molecule has 142 valence electrons. The van der Waals surface area contributed by atoms with E-state index in [4.69, 9.17) is 8.94 Å². The van der Waals surface area contributed by atoms with E-state index in [9.17, 15) is 4.39 Å². The van der Waals surface area contributed by atoms with Crippen LogP contribution in [0.2, 0.25) is 0 Å². The van der Waals surface area contributed by atoms with Crippen LogP contribution in [0.5, 0.6) is 0 Å². The summed E-state index contributed by atoms with van der Waals surface area (Å²) in [4.78, 5) is 6.78. The van der Waals surface area contributed by atoms with Gasteiger partial charge in [0, 0.05) is 18.0 Å². The van der Waals surface area contributed by atoms with Gasteiger partial charge in [0.25, 0.3) is 0 Å². The molecule has 1 atom stereocenters. The Morgan fingerprint density at radius 2 is 2.19 bits per heavy atom. The van der Waals surface area contributed by atoms with Crippen LogP contribution in [-0.2, 0) is 6.54 Å². The molecule has 1 aliphatic heterocycles. The van der Waals surface area contributed by atoms with Crippen LogP contribution in [-0.4, -0.2) is 38.3 Å². The lowest BCUT2D eigenvalue weighted by molar-refractivity contribution is 0.167. The zero-order valence-electron chi connectivity index (χ0n) is 15.4. The maximum absolute atomic E-state index is 13.4. The van der Waals surface area contributed by atoms with Crippen molar-refractivity contribution in [1.82, 2.24) is 25.2 Å². The third-order valence-corrected chi connectivity index (χ3v) is 4.73. The first-order chi connectivity index (χ1) is 13.1. The van der Waals surface area contributed by atoms with Gasteiger partial charge in [-0.3, -0.25) is 4.90 Å². The van der Waals surface area contributed by atoms with Gasteiger partial charge in [0.2, 0.25) is 17.7 Å². The van der Waals surface area contributed by atoms with Gasteiger partial charge in [-0.1, -0.05) is 25.1 Å². The van der Waals surface area contributed by atoms with Gasteiger partial charge in [0.1, 0.15) is 5.82 Å². The maximum Gasteiger partial charge on any atom is 0.247 e. The summed E-state index contributed by atoms with van der Waals surface area (Å²) in [5, 5.41) is 12.2. The Morgan fingerprint density at radius 1 is 1.30 bits per heavy atom. The van der Waals surface area contributed by atoms with Gasteiger partial charge >= 0.3 is 0 Å². The highest BCUT2D eigenvalue weighted by Crippen LogP contribution is 2.28. The monoisotopic (exact) mass is 371 g/mol. The zero-order valence-corrected chi connectivity index (χ0v) is 15.4. The molecule has 27 heavy (non-hydrogen) atoms. The van der Waals surface area contributed by atoms with Crippen molar-refractivity contribution >= 4 is 0 Å². The predicted molar refractivity (Wildman–Crippen MR) is 95.3 cm³/mol. The van der Waals surface area contributed by atoms with Crippen molar-refractivity contribution in [2.24, 2.45) is 0 Å². The number of likely N-dealkylation sites (tertiary alicyclic amines) is 1. The van der Waals surface area contributed by atoms with Crippen molar-refractivity contribution in [3.63, 3.8) is 0 Å². The minimum absolute atomic E-state index is 0.212. The number of hydrogen-bond donors (Lipinski definition) is 0. The highest BCUT2D eigenvalue weighted by molar-refractivity contribution is 5.52. The van der Waals surface area contributed by atoms with E-state index in [2.05, 4.69) is 25.2 Å². The highest BCUT2D eigenvalue weighted by Gasteiger charge is 2.27. The molecule has 0 saturated carbocycles. The number of benzene rings is 1. The molecule has 1 aliphatic rings. The summed E-state index contributed by atoms with van der Waals surface area (Å²) in [6, 6.07) is 6.14. The van der Waals surface area contributed by atoms with Crippen LogP contribution in [0.3, 0.4) is 0 Å². The number of nitrogens with zero attached hydrogens (tertiary/aromatic N) is 5. The van der Waals surface area contributed by atoms with Crippen LogP contribution in [0.4, 0.5) is 4.39 Å². The van der Waals surface area contributed by atoms with E-state index in [1.54, 1.807) is 12.1 Å². The minimum Gasteiger partial charge on any atom is -0.419 e. The third-order valence-electron chi connectivity index (χ3n) is 4.73. The molecule has 0 amide bonds. The van der Waals surface area contributed by atoms with Gasteiger partial charge in [0.15, 0.2) is 5.82 Å². The summed E-state index contributed by atoms with van der Waals surface area (Å²) in [5.41, 5.74) is 0.581. The summed E-state index contributed by atoms with van der Waals surface area (Å²) < 4.78 is 24.6. The van der Waals surface area contributed by atoms with Gasteiger partial charge in [-0.25, -0.2) is 4.39 Å². The first-order valence-corrected chi connectivity index (χ1v) is 9.22. The summed E-state index contributed by atoms with van der Waals surface area (Å²) in [6.07, 6.45) is 2.06. The van der Waals surface area contributed by atoms with E-state index in [0.29, 0.717) is 29.8 Å². The van der Waals surface area contributed by atoms with E-state index in [1.807, 2.05) is 13.8 Å². The van der Waals surface area contributed by atoms with Crippen LogP contribution in [0, 0.1) is 5.82 Å². The zero-order chi connectivity index (χ0) is 18.8. The maximum atomic E-state index is 13.4. The molecule has 3 aromatic rings. The second-order valence-electron chi connectivity index (χ2n) is 7.23. The van der Waals surface area contributed by atoms with E-state index in [1.165, 1.54) is 12.1 Å². The molecule has 0 N–H and O–H groups in total. The lowest BCUT2D eigenvalue weighted by Gasteiger charge is -2.29. The molecular formula is C19H22FN5O2. The Bertz CT molecular complexity index is 907. The lowest BCUT2D eigenvalue weighted by Crippen LogP contribution is -2.34. The van der Waals surface area contributed by atoms with Gasteiger partial charge < -0.3 is 8.94 Å². The molecule has 7 nitrogen and oxygen atoms in total. The molecule has 0 radical (unpaired) electrons. The molecule has 1 fully saturated rings. The second kappa shape index (κ2) is 7.56. The molecule has 1 aromatic carbocycles. The molecule has 0 unspecified atom stereocenters. The first-order valence-electron chi connectivity index (χ1n) is 9.22. The normalized spacial score (nSPS) is 18.3. The van der Waals surface area contributed by atoms with Gasteiger partial charge in [0.05, 0.1) is 12.5 Å². The number of halogens is 1. The summed E-state index contributed by atoms with van der Waals surface area (Å²) in [6.45, 7) is 6.39. The van der Waals surface area contributed by atoms with Crippen molar-refractivity contribution in [3.8, 4) is 11.5 Å². The molecule has 0 bridgehead atoms. The van der Waals surface area contributed by atoms with Crippen molar-refractivity contribution in [2.45, 2.75) is 45.1 Å². The van der Waals surface area contributed by atoms with Crippen molar-refractivity contribution in [2.75, 3.05) is 13.1 Å². The summed E-state index contributed by atoms with van der Waals surface area (Å²) >= 11 is 0. The number of aromatic nitrogens is 4. The fraction of sp³-hybridized carbons (Fsp3) is 0.474. The third kappa shape index (κ3) is 4.05. The minimum atomic E-state index is -0.327. The van der Waals surface area contributed by atoms with Crippen molar-refractivity contribution in [3.05, 3.63) is 47.7 Å². The van der Waals surface area contributed by atoms with E-state index >= 15 is 0 Å². The number of hydrogen-bond acceptors (Lipinski definition) is 7. The fourth-order valence-electron chi connectivity index (χ4n) is 3.30. The van der Waals surface area contributed by atoms with Gasteiger partial charge in [-0.15, -0.1) is 10.2 Å². The molecule has 8 heteroatoms. The topological polar surface area (TPSA) is 81.1 Å². The predicted octanol–water partition coefficient (Wildman–Crippen LogP) is 3.76. The Balaban J connectivity index is 1.42. The Hall–Kier alpha value is -2.61. The lowest BCUT2D eigenvalue weighted by atomic mass is 9.98. The fourth-order valence-corrected chi connectivity index (χ4v) is 3.30. The van der Waals surface area contributed by atoms with Crippen LogP contribution < -0.4 is 0 Å². The van der Waals surface area contributed by atoms with Crippen LogP contribution in [0.25, 0.3) is 11.5 Å². The number of rotatable bonds is 5. The Morgan fingerprint density at radius 3 is 2.96 bits per heavy atom. The standard InChI is InChI=1S/C19H22FN5O2/c1-12(2)17-21-18(27-24-17)14-6-4-8-25(10-14)11-16-22-23-19(26-16)13-5-3-7-15(20)9-13/h3,5,7,9,12,14H,4,6,8,10-11H2,1-2H3/t14-/m1/s1. The first kappa shape index (κ1) is 17.8. The molecule has 1 saturated heterocycles. The van der Waals surface area contributed by atoms with Gasteiger partial charge in [-0.05, 0) is 37.6 Å². The van der Waals surface area contributed by atoms with Crippen LogP contribution in [0.15, 0.2) is 33.2 Å². The quantitative estimate of drug-likeness (QED) is 0.675. The smallest absolute Gasteiger partial charge is 0.247 e. The summed E-state index contributed by atoms with van der Waals surface area (Å²) in [7, 11) is 0. The molecule has 2 aromatic heterocycles. The average molecular weight is 371 g/mol. The van der Waals surface area contributed by atoms with E-state index < -0.39 is 0 Å². The molecule has 0 spiro atoms. The molecule has 3 heterocycles. The molecular weight excluding hydrogens is 349 g/mol. The Labute approximate surface area is 156 Å². The molecule has 0 aliphatic carbocycles. The van der Waals surface area contributed by atoms with Crippen molar-refractivity contribution < 1.29 is 13.3 Å². The highest BCUT2D eigenvalue weighted by atomic mass is 19.1. The summed E-state index contributed by atoms with van der Waals surface area (Å²) in [5.74, 6) is 2.44. The van der Waals surface area contributed by atoms with Crippen LogP contribution >= 0.6 is 0 Å². The largest absolute Gasteiger partial charge is 0.419 e. The van der Waals surface area contributed by atoms with Crippen LogP contribution in [0.1, 0.15) is 56.1 Å². The van der Waals surface area contributed by atoms with Crippen molar-refractivity contribution in [1.29, 1.82) is 0 Å². The second-order valence-corrected chi connectivity index (χ2v) is 7.23. The Kier molecular flexibility index (Phi) is 4.98. The molecule has 4 rings (SSSR count). The average Bonchev–Trinajstić information content (AvgIpc) is 3.32. The van der Waals surface area contributed by atoms with E-state index in [0.717, 1.165) is 31.8 Å². The number of piperidine rings is 1.